The molecule has 1 rings (SSSR count). The molecule has 0 aliphatic heterocycles. The third-order valence-electron chi connectivity index (χ3n) is 2.68. The zero-order valence-electron chi connectivity index (χ0n) is 11.0. The summed E-state index contributed by atoms with van der Waals surface area (Å²) in [6, 6.07) is 5.88. The van der Waals surface area contributed by atoms with Gasteiger partial charge in [0.05, 0.1) is 25.5 Å². The van der Waals surface area contributed by atoms with E-state index < -0.39 is 0 Å². The van der Waals surface area contributed by atoms with Gasteiger partial charge in [-0.3, -0.25) is 0 Å². The van der Waals surface area contributed by atoms with Crippen LogP contribution in [0.15, 0.2) is 18.2 Å². The summed E-state index contributed by atoms with van der Waals surface area (Å²) < 4.78 is 10.7. The highest BCUT2D eigenvalue weighted by Gasteiger charge is 2.05. The Morgan fingerprint density at radius 3 is 2.78 bits per heavy atom. The summed E-state index contributed by atoms with van der Waals surface area (Å²) in [5.74, 6) is 0.719. The number of anilines is 1. The molecule has 0 unspecified atom stereocenters. The van der Waals surface area contributed by atoms with Gasteiger partial charge in [-0.25, -0.2) is 0 Å². The molecule has 0 aliphatic carbocycles. The fourth-order valence-corrected chi connectivity index (χ4v) is 1.68. The van der Waals surface area contributed by atoms with Crippen LogP contribution in [0.1, 0.15) is 25.3 Å². The first-order valence-electron chi connectivity index (χ1n) is 6.48. The summed E-state index contributed by atoms with van der Waals surface area (Å²) in [4.78, 5) is 0. The highest BCUT2D eigenvalue weighted by atomic mass is 16.5. The minimum absolute atomic E-state index is 0.0364. The second-order valence-electron chi connectivity index (χ2n) is 4.12. The van der Waals surface area contributed by atoms with E-state index >= 15 is 0 Å². The van der Waals surface area contributed by atoms with Gasteiger partial charge in [0.1, 0.15) is 12.4 Å². The molecule has 0 atom stereocenters. The van der Waals surface area contributed by atoms with Crippen LogP contribution in [0.3, 0.4) is 0 Å². The number of aryl methyl sites for hydroxylation is 1. The number of ether oxygens (including phenoxy) is 2. The third kappa shape index (κ3) is 4.94. The van der Waals surface area contributed by atoms with Gasteiger partial charge >= 0.3 is 0 Å². The molecule has 0 spiro atoms. The summed E-state index contributed by atoms with van der Waals surface area (Å²) in [6.07, 6.45) is 3.27. The molecule has 0 bridgehead atoms. The predicted octanol–water partition coefficient (Wildman–Crippen LogP) is 2.00. The van der Waals surface area contributed by atoms with Crippen LogP contribution >= 0.6 is 0 Å². The van der Waals surface area contributed by atoms with E-state index in [1.165, 1.54) is 0 Å². The maximum Gasteiger partial charge on any atom is 0.142 e. The van der Waals surface area contributed by atoms with Crippen molar-refractivity contribution in [2.75, 3.05) is 32.2 Å². The number of nitrogens with two attached hydrogens (primary N) is 1. The van der Waals surface area contributed by atoms with Crippen molar-refractivity contribution in [3.05, 3.63) is 23.8 Å². The summed E-state index contributed by atoms with van der Waals surface area (Å²) in [5, 5.41) is 8.56. The molecule has 0 radical (unpaired) electrons. The van der Waals surface area contributed by atoms with Gasteiger partial charge in [-0.05, 0) is 24.5 Å². The molecular weight excluding hydrogens is 230 g/mol. The van der Waals surface area contributed by atoms with Gasteiger partial charge in [0.2, 0.25) is 0 Å². The first kappa shape index (κ1) is 14.8. The first-order chi connectivity index (χ1) is 8.79. The molecule has 0 amide bonds. The van der Waals surface area contributed by atoms with E-state index in [9.17, 15) is 0 Å². The molecule has 1 aromatic carbocycles. The maximum atomic E-state index is 8.56. The smallest absolute Gasteiger partial charge is 0.142 e. The molecule has 0 fully saturated rings. The maximum absolute atomic E-state index is 8.56. The van der Waals surface area contributed by atoms with Gasteiger partial charge in [-0.2, -0.15) is 0 Å². The molecule has 0 saturated carbocycles. The summed E-state index contributed by atoms with van der Waals surface area (Å²) in [5.41, 5.74) is 7.93. The molecule has 102 valence electrons. The number of hydrogen-bond acceptors (Lipinski definition) is 4. The fourth-order valence-electron chi connectivity index (χ4n) is 1.68. The Labute approximate surface area is 109 Å². The minimum atomic E-state index is 0.0364. The summed E-state index contributed by atoms with van der Waals surface area (Å²) >= 11 is 0. The monoisotopic (exact) mass is 253 g/mol. The number of benzene rings is 1. The number of para-hydroxylation sites is 1. The lowest BCUT2D eigenvalue weighted by Crippen LogP contribution is -2.10. The Kier molecular flexibility index (Phi) is 7.22. The number of unbranched alkanes of at least 4 members (excludes halogenated alkanes) is 1. The van der Waals surface area contributed by atoms with Gasteiger partial charge in [0.25, 0.3) is 0 Å². The third-order valence-corrected chi connectivity index (χ3v) is 2.68. The molecule has 0 heterocycles. The van der Waals surface area contributed by atoms with E-state index in [4.69, 9.17) is 20.3 Å². The van der Waals surface area contributed by atoms with Crippen molar-refractivity contribution in [1.82, 2.24) is 0 Å². The van der Waals surface area contributed by atoms with Crippen molar-refractivity contribution in [2.24, 2.45) is 0 Å². The van der Waals surface area contributed by atoms with E-state index in [-0.39, 0.29) is 6.61 Å². The van der Waals surface area contributed by atoms with E-state index in [1.807, 2.05) is 18.2 Å². The van der Waals surface area contributed by atoms with Crippen LogP contribution in [0.4, 0.5) is 5.69 Å². The van der Waals surface area contributed by atoms with Crippen LogP contribution in [-0.4, -0.2) is 31.5 Å². The standard InChI is InChI=1S/C14H23NO3/c1-2-3-5-12-6-4-7-13(14(12)15)18-11-10-17-9-8-16/h4,6-7,16H,2-3,5,8-11,15H2,1H3. The van der Waals surface area contributed by atoms with Gasteiger partial charge in [0.15, 0.2) is 0 Å². The summed E-state index contributed by atoms with van der Waals surface area (Å²) in [7, 11) is 0. The van der Waals surface area contributed by atoms with Gasteiger partial charge in [0, 0.05) is 0 Å². The Balaban J connectivity index is 2.44. The van der Waals surface area contributed by atoms with E-state index in [2.05, 4.69) is 6.92 Å². The van der Waals surface area contributed by atoms with Crippen LogP contribution in [0.5, 0.6) is 5.75 Å². The van der Waals surface area contributed by atoms with Crippen LogP contribution in [0.25, 0.3) is 0 Å². The second kappa shape index (κ2) is 8.78. The van der Waals surface area contributed by atoms with Crippen LogP contribution < -0.4 is 10.5 Å². The highest BCUT2D eigenvalue weighted by molar-refractivity contribution is 5.58. The Morgan fingerprint density at radius 2 is 2.06 bits per heavy atom. The molecule has 18 heavy (non-hydrogen) atoms. The molecule has 0 saturated heterocycles. The average Bonchev–Trinajstić information content (AvgIpc) is 2.39. The zero-order valence-corrected chi connectivity index (χ0v) is 11.0. The number of nitrogen functional groups attached to an aromatic ring is 1. The molecule has 0 aromatic heterocycles. The number of aliphatic hydroxyl groups is 1. The second-order valence-corrected chi connectivity index (χ2v) is 4.12. The first-order valence-corrected chi connectivity index (χ1v) is 6.48. The predicted molar refractivity (Wildman–Crippen MR) is 72.9 cm³/mol. The van der Waals surface area contributed by atoms with Gasteiger partial charge in [-0.1, -0.05) is 25.5 Å². The molecule has 3 N–H and O–H groups in total. The number of rotatable bonds is 9. The van der Waals surface area contributed by atoms with E-state index in [0.717, 1.165) is 36.3 Å². The Morgan fingerprint density at radius 1 is 1.22 bits per heavy atom. The number of aliphatic hydroxyl groups excluding tert-OH is 1. The molecule has 0 aliphatic rings. The number of hydrogen-bond donors (Lipinski definition) is 2. The van der Waals surface area contributed by atoms with Crippen LogP contribution in [0, 0.1) is 0 Å². The van der Waals surface area contributed by atoms with Crippen molar-refractivity contribution in [3.63, 3.8) is 0 Å². The normalized spacial score (nSPS) is 10.6. The Bertz CT molecular complexity index is 342. The van der Waals surface area contributed by atoms with Crippen molar-refractivity contribution >= 4 is 5.69 Å². The van der Waals surface area contributed by atoms with Crippen molar-refractivity contribution in [2.45, 2.75) is 26.2 Å². The Hall–Kier alpha value is -1.26. The molecule has 4 heteroatoms. The lowest BCUT2D eigenvalue weighted by molar-refractivity contribution is 0.0706. The summed E-state index contributed by atoms with van der Waals surface area (Å²) in [6.45, 7) is 3.44. The quantitative estimate of drug-likeness (QED) is 0.522. The van der Waals surface area contributed by atoms with Crippen molar-refractivity contribution in [3.8, 4) is 5.75 Å². The van der Waals surface area contributed by atoms with Crippen molar-refractivity contribution < 1.29 is 14.6 Å². The topological polar surface area (TPSA) is 64.7 Å². The van der Waals surface area contributed by atoms with E-state index in [0.29, 0.717) is 19.8 Å². The fraction of sp³-hybridized carbons (Fsp3) is 0.571. The van der Waals surface area contributed by atoms with Crippen molar-refractivity contribution in [1.29, 1.82) is 0 Å². The molecule has 1 aromatic rings. The largest absolute Gasteiger partial charge is 0.489 e. The van der Waals surface area contributed by atoms with Crippen LogP contribution in [-0.2, 0) is 11.2 Å². The average molecular weight is 253 g/mol. The van der Waals surface area contributed by atoms with Gasteiger partial charge in [-0.15, -0.1) is 0 Å². The zero-order chi connectivity index (χ0) is 13.2. The lowest BCUT2D eigenvalue weighted by Gasteiger charge is -2.12. The minimum Gasteiger partial charge on any atom is -0.489 e. The van der Waals surface area contributed by atoms with Crippen LogP contribution in [0.2, 0.25) is 0 Å². The molecular formula is C14H23NO3. The SMILES string of the molecule is CCCCc1cccc(OCCOCCO)c1N. The molecule has 4 nitrogen and oxygen atoms in total. The van der Waals surface area contributed by atoms with Gasteiger partial charge < -0.3 is 20.3 Å². The highest BCUT2D eigenvalue weighted by Crippen LogP contribution is 2.26. The van der Waals surface area contributed by atoms with E-state index in [1.54, 1.807) is 0 Å². The lowest BCUT2D eigenvalue weighted by atomic mass is 10.1.